The van der Waals surface area contributed by atoms with Gasteiger partial charge in [0.25, 0.3) is 0 Å². The molecule has 2 atom stereocenters. The maximum absolute atomic E-state index is 11.9. The van der Waals surface area contributed by atoms with Crippen LogP contribution >= 0.6 is 0 Å². The van der Waals surface area contributed by atoms with Crippen LogP contribution in [0.15, 0.2) is 30.3 Å². The van der Waals surface area contributed by atoms with E-state index >= 15 is 0 Å². The van der Waals surface area contributed by atoms with Crippen molar-refractivity contribution < 1.29 is 23.8 Å². The first-order valence-electron chi connectivity index (χ1n) is 7.95. The van der Waals surface area contributed by atoms with Gasteiger partial charge in [0.05, 0.1) is 38.9 Å². The van der Waals surface area contributed by atoms with E-state index in [0.29, 0.717) is 6.61 Å². The van der Waals surface area contributed by atoms with E-state index in [2.05, 4.69) is 0 Å². The lowest BCUT2D eigenvalue weighted by Crippen LogP contribution is -2.30. The molecule has 0 spiro atoms. The fourth-order valence-electron chi connectivity index (χ4n) is 2.19. The van der Waals surface area contributed by atoms with Gasteiger partial charge < -0.3 is 14.2 Å². The largest absolute Gasteiger partial charge is 0.466 e. The summed E-state index contributed by atoms with van der Waals surface area (Å²) in [7, 11) is 0. The highest BCUT2D eigenvalue weighted by Gasteiger charge is 2.32. The van der Waals surface area contributed by atoms with Gasteiger partial charge in [0.2, 0.25) is 0 Å². The molecule has 0 heterocycles. The number of nitrogens with zero attached hydrogens (tertiary/aromatic N) is 1. The Balaban J connectivity index is 2.70. The summed E-state index contributed by atoms with van der Waals surface area (Å²) < 4.78 is 15.4. The van der Waals surface area contributed by atoms with Crippen LogP contribution in [0.3, 0.4) is 0 Å². The molecule has 0 fully saturated rings. The molecule has 1 rings (SSSR count). The van der Waals surface area contributed by atoms with Crippen LogP contribution in [0.1, 0.15) is 25.8 Å². The van der Waals surface area contributed by atoms with Crippen molar-refractivity contribution in [1.29, 1.82) is 5.26 Å². The summed E-state index contributed by atoms with van der Waals surface area (Å²) >= 11 is 0. The zero-order chi connectivity index (χ0) is 17.8. The molecule has 0 saturated carbocycles. The number of carbonyl (C=O) groups is 2. The van der Waals surface area contributed by atoms with Crippen molar-refractivity contribution in [2.45, 2.75) is 26.9 Å². The smallest absolute Gasteiger partial charge is 0.323 e. The Morgan fingerprint density at radius 1 is 1.12 bits per heavy atom. The normalized spacial score (nSPS) is 12.7. The molecule has 0 aliphatic carbocycles. The molecular weight excluding hydrogens is 310 g/mol. The monoisotopic (exact) mass is 333 g/mol. The van der Waals surface area contributed by atoms with E-state index in [0.717, 1.165) is 5.56 Å². The van der Waals surface area contributed by atoms with Crippen molar-refractivity contribution in [3.63, 3.8) is 0 Å². The molecule has 2 unspecified atom stereocenters. The van der Waals surface area contributed by atoms with E-state index in [4.69, 9.17) is 14.2 Å². The molecule has 6 nitrogen and oxygen atoms in total. The van der Waals surface area contributed by atoms with Crippen LogP contribution in [0.4, 0.5) is 0 Å². The maximum atomic E-state index is 11.9. The summed E-state index contributed by atoms with van der Waals surface area (Å²) in [5.41, 5.74) is 0.969. The van der Waals surface area contributed by atoms with Gasteiger partial charge in [-0.2, -0.15) is 5.26 Å². The Bertz CT molecular complexity index is 552. The Morgan fingerprint density at radius 3 is 2.38 bits per heavy atom. The van der Waals surface area contributed by atoms with E-state index in [1.165, 1.54) is 0 Å². The second-order valence-corrected chi connectivity index (χ2v) is 5.13. The van der Waals surface area contributed by atoms with E-state index in [1.54, 1.807) is 13.8 Å². The summed E-state index contributed by atoms with van der Waals surface area (Å²) in [6.07, 6.45) is -0.0698. The molecule has 0 aliphatic rings. The first kappa shape index (κ1) is 19.7. The summed E-state index contributed by atoms with van der Waals surface area (Å²) in [6.45, 7) is 4.21. The Morgan fingerprint density at radius 2 is 1.79 bits per heavy atom. The predicted molar refractivity (Wildman–Crippen MR) is 86.6 cm³/mol. The molecule has 0 aromatic heterocycles. The SMILES string of the molecule is CCOC(=O)CC(COCc1ccccc1)C(C#N)C(=O)OCC. The lowest BCUT2D eigenvalue weighted by Gasteiger charge is -2.20. The maximum Gasteiger partial charge on any atom is 0.323 e. The highest BCUT2D eigenvalue weighted by Crippen LogP contribution is 2.20. The number of hydrogen-bond acceptors (Lipinski definition) is 6. The molecule has 1 aromatic rings. The molecule has 0 bridgehead atoms. The van der Waals surface area contributed by atoms with Gasteiger partial charge in [-0.05, 0) is 19.4 Å². The molecular formula is C18H23NO5. The second kappa shape index (κ2) is 11.2. The molecule has 0 aliphatic heterocycles. The first-order chi connectivity index (χ1) is 11.6. The van der Waals surface area contributed by atoms with Crippen molar-refractivity contribution in [1.82, 2.24) is 0 Å². The summed E-state index contributed by atoms with van der Waals surface area (Å²) in [5, 5.41) is 9.29. The van der Waals surface area contributed by atoms with Crippen molar-refractivity contribution >= 4 is 11.9 Å². The third-order valence-corrected chi connectivity index (χ3v) is 3.33. The van der Waals surface area contributed by atoms with Crippen LogP contribution in [0.25, 0.3) is 0 Å². The minimum absolute atomic E-state index is 0.0698. The minimum Gasteiger partial charge on any atom is -0.466 e. The highest BCUT2D eigenvalue weighted by molar-refractivity contribution is 5.77. The molecule has 6 heteroatoms. The number of benzene rings is 1. The molecule has 0 amide bonds. The molecule has 0 N–H and O–H groups in total. The average Bonchev–Trinajstić information content (AvgIpc) is 2.56. The Hall–Kier alpha value is -2.39. The van der Waals surface area contributed by atoms with Crippen LogP contribution in [0, 0.1) is 23.2 Å². The lowest BCUT2D eigenvalue weighted by molar-refractivity contribution is -0.151. The standard InChI is InChI=1S/C18H23NO5/c1-3-23-17(20)10-15(16(11-19)18(21)24-4-2)13-22-12-14-8-6-5-7-9-14/h5-9,15-16H,3-4,10,12-13H2,1-2H3. The summed E-state index contributed by atoms with van der Waals surface area (Å²) in [5.74, 6) is -2.78. The fraction of sp³-hybridized carbons (Fsp3) is 0.500. The molecule has 1 aromatic carbocycles. The quantitative estimate of drug-likeness (QED) is 0.611. The third kappa shape index (κ3) is 6.80. The average molecular weight is 333 g/mol. The van der Waals surface area contributed by atoms with E-state index in [-0.39, 0.29) is 26.2 Å². The minimum atomic E-state index is -1.06. The van der Waals surface area contributed by atoms with Crippen LogP contribution in [-0.2, 0) is 30.4 Å². The summed E-state index contributed by atoms with van der Waals surface area (Å²) in [4.78, 5) is 23.7. The van der Waals surface area contributed by atoms with Gasteiger partial charge >= 0.3 is 11.9 Å². The van der Waals surface area contributed by atoms with Crippen LogP contribution in [-0.4, -0.2) is 31.8 Å². The number of hydrogen-bond donors (Lipinski definition) is 0. The van der Waals surface area contributed by atoms with Crippen molar-refractivity contribution in [3.8, 4) is 6.07 Å². The van der Waals surface area contributed by atoms with Gasteiger partial charge in [0.15, 0.2) is 0 Å². The van der Waals surface area contributed by atoms with Crippen molar-refractivity contribution in [2.75, 3.05) is 19.8 Å². The Kier molecular flexibility index (Phi) is 9.17. The van der Waals surface area contributed by atoms with Crippen LogP contribution in [0.5, 0.6) is 0 Å². The second-order valence-electron chi connectivity index (χ2n) is 5.13. The predicted octanol–water partition coefficient (Wildman–Crippen LogP) is 2.48. The van der Waals surface area contributed by atoms with Gasteiger partial charge in [0.1, 0.15) is 5.92 Å². The van der Waals surface area contributed by atoms with Crippen LogP contribution < -0.4 is 0 Å². The number of carbonyl (C=O) groups excluding carboxylic acids is 2. The van der Waals surface area contributed by atoms with E-state index in [9.17, 15) is 14.9 Å². The summed E-state index contributed by atoms with van der Waals surface area (Å²) in [6, 6.07) is 11.4. The number of esters is 2. The topological polar surface area (TPSA) is 85.6 Å². The number of nitriles is 1. The van der Waals surface area contributed by atoms with Gasteiger partial charge in [0, 0.05) is 5.92 Å². The first-order valence-corrected chi connectivity index (χ1v) is 7.95. The van der Waals surface area contributed by atoms with Gasteiger partial charge in [-0.15, -0.1) is 0 Å². The number of rotatable bonds is 10. The molecule has 24 heavy (non-hydrogen) atoms. The van der Waals surface area contributed by atoms with Gasteiger partial charge in [-0.3, -0.25) is 9.59 Å². The zero-order valence-corrected chi connectivity index (χ0v) is 14.1. The Labute approximate surface area is 142 Å². The van der Waals surface area contributed by atoms with Gasteiger partial charge in [-0.1, -0.05) is 30.3 Å². The van der Waals surface area contributed by atoms with Gasteiger partial charge in [-0.25, -0.2) is 0 Å². The fourth-order valence-corrected chi connectivity index (χ4v) is 2.19. The van der Waals surface area contributed by atoms with Crippen molar-refractivity contribution in [3.05, 3.63) is 35.9 Å². The van der Waals surface area contributed by atoms with E-state index in [1.807, 2.05) is 36.4 Å². The van der Waals surface area contributed by atoms with Crippen molar-refractivity contribution in [2.24, 2.45) is 11.8 Å². The highest BCUT2D eigenvalue weighted by atomic mass is 16.5. The molecule has 130 valence electrons. The molecule has 0 radical (unpaired) electrons. The van der Waals surface area contributed by atoms with Crippen LogP contribution in [0.2, 0.25) is 0 Å². The lowest BCUT2D eigenvalue weighted by atomic mass is 9.91. The number of ether oxygens (including phenoxy) is 3. The third-order valence-electron chi connectivity index (χ3n) is 3.33. The van der Waals surface area contributed by atoms with E-state index < -0.39 is 23.8 Å². The zero-order valence-electron chi connectivity index (χ0n) is 14.1. The molecule has 0 saturated heterocycles.